The number of rotatable bonds is 10. The fourth-order valence-corrected chi connectivity index (χ4v) is 6.69. The fourth-order valence-electron chi connectivity index (χ4n) is 5.51. The number of nitrogens with one attached hydrogen (secondary N) is 1. The summed E-state index contributed by atoms with van der Waals surface area (Å²) in [6.07, 6.45) is 8.24. The molecule has 0 spiro atoms. The van der Waals surface area contributed by atoms with E-state index in [0.29, 0.717) is 27.0 Å². The molecule has 0 bridgehead atoms. The van der Waals surface area contributed by atoms with Gasteiger partial charge in [0.15, 0.2) is 5.17 Å². The maximum Gasteiger partial charge on any atom is 0.285 e. The number of halogens is 2. The van der Waals surface area contributed by atoms with Gasteiger partial charge in [0, 0.05) is 22.1 Å². The lowest BCUT2D eigenvalue weighted by Crippen LogP contribution is -2.42. The average molecular weight is 710 g/mol. The molecule has 248 valence electrons. The zero-order valence-corrected chi connectivity index (χ0v) is 29.5. The molecule has 5 rings (SSSR count). The number of carbonyl (C=O) groups is 3. The monoisotopic (exact) mass is 708 g/mol. The van der Waals surface area contributed by atoms with Crippen LogP contribution in [0.25, 0.3) is 11.8 Å². The van der Waals surface area contributed by atoms with Gasteiger partial charge >= 0.3 is 0 Å². The molecule has 0 atom stereocenters. The molecule has 49 heavy (non-hydrogen) atoms. The van der Waals surface area contributed by atoms with Crippen LogP contribution in [0.2, 0.25) is 10.0 Å². The van der Waals surface area contributed by atoms with Crippen LogP contribution in [-0.2, 0) is 14.4 Å². The molecule has 10 heteroatoms. The van der Waals surface area contributed by atoms with Crippen LogP contribution in [0.15, 0.2) is 132 Å². The number of benzene rings is 3. The molecule has 1 aliphatic rings. The lowest BCUT2D eigenvalue weighted by Gasteiger charge is -2.28. The molecule has 2 heterocycles. The molecule has 0 radical (unpaired) electrons. The van der Waals surface area contributed by atoms with E-state index < -0.39 is 11.8 Å². The number of nitrogens with zero attached hydrogens (tertiary/aromatic N) is 3. The molecule has 7 nitrogen and oxygen atoms in total. The quantitative estimate of drug-likeness (QED) is 0.101. The predicted molar refractivity (Wildman–Crippen MR) is 201 cm³/mol. The lowest BCUT2D eigenvalue weighted by molar-refractivity contribution is -0.126. The minimum absolute atomic E-state index is 0.0885. The number of amides is 3. The average Bonchev–Trinajstić information content (AvgIpc) is 3.38. The number of carbonyl (C=O) groups excluding carboxylic acids is 3. The molecule has 0 aliphatic carbocycles. The molecule has 0 unspecified atom stereocenters. The normalized spacial score (nSPS) is 14.6. The first-order valence-electron chi connectivity index (χ1n) is 15.4. The van der Waals surface area contributed by atoms with Crippen molar-refractivity contribution in [1.82, 2.24) is 14.8 Å². The smallest absolute Gasteiger partial charge is 0.285 e. The van der Waals surface area contributed by atoms with Crippen LogP contribution < -0.4 is 5.32 Å². The standard InChI is InChI=1S/C39H34Cl2N4O3S/c1-5-7-18-31(6-2)45-38(48)32(22-29-21-25(3)44(26(29)4)34-23-30(40)19-20-33(34)41)37(47)43-39(45)49-24-35(46)42-36(27-14-10-8-11-15-27)28-16-12-9-13-17-28/h5-23,36H,1,24H2,2-4H3,(H,42,46)/b18-7-,31-6+,32-22+. The van der Waals surface area contributed by atoms with Gasteiger partial charge in [0.25, 0.3) is 11.8 Å². The third kappa shape index (κ3) is 8.05. The van der Waals surface area contributed by atoms with Crippen molar-refractivity contribution in [2.24, 2.45) is 4.99 Å². The molecule has 4 aromatic rings. The van der Waals surface area contributed by atoms with Crippen molar-refractivity contribution >= 4 is 63.9 Å². The zero-order chi connectivity index (χ0) is 35.1. The van der Waals surface area contributed by atoms with Crippen molar-refractivity contribution in [3.63, 3.8) is 0 Å². The number of aromatic nitrogens is 1. The van der Waals surface area contributed by atoms with Gasteiger partial charge in [-0.1, -0.05) is 120 Å². The maximum atomic E-state index is 14.2. The summed E-state index contributed by atoms with van der Waals surface area (Å²) >= 11 is 13.8. The molecule has 3 amide bonds. The van der Waals surface area contributed by atoms with Crippen LogP contribution >= 0.6 is 35.0 Å². The molecular formula is C39H34Cl2N4O3S. The summed E-state index contributed by atoms with van der Waals surface area (Å²) in [5.41, 5.74) is 5.11. The Hall–Kier alpha value is -4.89. The molecular weight excluding hydrogens is 675 g/mol. The largest absolute Gasteiger partial charge is 0.344 e. The van der Waals surface area contributed by atoms with Gasteiger partial charge in [0.2, 0.25) is 5.91 Å². The van der Waals surface area contributed by atoms with Gasteiger partial charge in [0.1, 0.15) is 5.57 Å². The van der Waals surface area contributed by atoms with E-state index in [9.17, 15) is 14.4 Å². The summed E-state index contributed by atoms with van der Waals surface area (Å²) in [6, 6.07) is 26.0. The van der Waals surface area contributed by atoms with Crippen LogP contribution in [-0.4, -0.2) is 38.1 Å². The number of thioether (sulfide) groups is 1. The molecule has 1 aliphatic heterocycles. The summed E-state index contributed by atoms with van der Waals surface area (Å²) in [6.45, 7) is 9.29. The van der Waals surface area contributed by atoms with Crippen LogP contribution in [0, 0.1) is 13.8 Å². The van der Waals surface area contributed by atoms with E-state index in [1.807, 2.05) is 85.1 Å². The van der Waals surface area contributed by atoms with E-state index >= 15 is 0 Å². The van der Waals surface area contributed by atoms with E-state index in [4.69, 9.17) is 23.2 Å². The van der Waals surface area contributed by atoms with Gasteiger partial charge in [-0.05, 0) is 73.9 Å². The fraction of sp³-hybridized carbons (Fsp3) is 0.128. The Bertz CT molecular complexity index is 1990. The summed E-state index contributed by atoms with van der Waals surface area (Å²) in [4.78, 5) is 46.8. The van der Waals surface area contributed by atoms with Crippen molar-refractivity contribution in [3.8, 4) is 5.69 Å². The molecule has 0 saturated heterocycles. The lowest BCUT2D eigenvalue weighted by atomic mass is 9.99. The van der Waals surface area contributed by atoms with Gasteiger partial charge in [0.05, 0.1) is 22.5 Å². The van der Waals surface area contributed by atoms with E-state index in [1.54, 1.807) is 55.5 Å². The topological polar surface area (TPSA) is 83.8 Å². The summed E-state index contributed by atoms with van der Waals surface area (Å²) in [5.74, 6) is -1.65. The maximum absolute atomic E-state index is 14.2. The highest BCUT2D eigenvalue weighted by atomic mass is 35.5. The van der Waals surface area contributed by atoms with Gasteiger partial charge in [-0.2, -0.15) is 4.99 Å². The minimum Gasteiger partial charge on any atom is -0.344 e. The van der Waals surface area contributed by atoms with Crippen molar-refractivity contribution < 1.29 is 14.4 Å². The van der Waals surface area contributed by atoms with Crippen molar-refractivity contribution in [3.05, 3.63) is 165 Å². The Morgan fingerprint density at radius 2 is 1.63 bits per heavy atom. The molecule has 1 aromatic heterocycles. The van der Waals surface area contributed by atoms with Crippen molar-refractivity contribution in [2.45, 2.75) is 26.8 Å². The molecule has 0 saturated carbocycles. The highest BCUT2D eigenvalue weighted by molar-refractivity contribution is 8.14. The zero-order valence-electron chi connectivity index (χ0n) is 27.2. The molecule has 1 N–H and O–H groups in total. The van der Waals surface area contributed by atoms with Crippen molar-refractivity contribution in [1.29, 1.82) is 0 Å². The van der Waals surface area contributed by atoms with Gasteiger partial charge in [-0.15, -0.1) is 0 Å². The van der Waals surface area contributed by atoms with E-state index in [2.05, 4.69) is 16.9 Å². The predicted octanol–water partition coefficient (Wildman–Crippen LogP) is 8.79. The highest BCUT2D eigenvalue weighted by Gasteiger charge is 2.35. The third-order valence-electron chi connectivity index (χ3n) is 7.83. The summed E-state index contributed by atoms with van der Waals surface area (Å²) in [7, 11) is 0. The van der Waals surface area contributed by atoms with E-state index in [0.717, 1.165) is 34.3 Å². The SMILES string of the molecule is C=C/C=C\C(=C/C)N1C(=O)/C(=C/c2cc(C)n(-c3cc(Cl)ccc3Cl)c2C)C(=O)N=C1SCC(=O)NC(c1ccccc1)c1ccccc1. The van der Waals surface area contributed by atoms with Crippen LogP contribution in [0.5, 0.6) is 0 Å². The van der Waals surface area contributed by atoms with E-state index in [-0.39, 0.29) is 28.4 Å². The van der Waals surface area contributed by atoms with Gasteiger partial charge in [-0.25, -0.2) is 0 Å². The Balaban J connectivity index is 1.46. The molecule has 3 aromatic carbocycles. The second-order valence-corrected chi connectivity index (χ2v) is 12.9. The van der Waals surface area contributed by atoms with Gasteiger partial charge in [-0.3, -0.25) is 19.3 Å². The van der Waals surface area contributed by atoms with Crippen LogP contribution in [0.4, 0.5) is 0 Å². The van der Waals surface area contributed by atoms with Crippen LogP contribution in [0.3, 0.4) is 0 Å². The third-order valence-corrected chi connectivity index (χ3v) is 9.33. The second-order valence-electron chi connectivity index (χ2n) is 11.1. The highest BCUT2D eigenvalue weighted by Crippen LogP contribution is 2.32. The number of hydrogen-bond donors (Lipinski definition) is 1. The Labute approximate surface area is 300 Å². The number of amidine groups is 1. The van der Waals surface area contributed by atoms with E-state index in [1.165, 1.54) is 4.90 Å². The first-order valence-corrected chi connectivity index (χ1v) is 17.2. The van der Waals surface area contributed by atoms with Crippen LogP contribution in [0.1, 0.15) is 41.0 Å². The first kappa shape index (κ1) is 35.4. The van der Waals surface area contributed by atoms with Crippen molar-refractivity contribution in [2.75, 3.05) is 5.75 Å². The number of allylic oxidation sites excluding steroid dienone is 4. The summed E-state index contributed by atoms with van der Waals surface area (Å²) < 4.78 is 1.92. The minimum atomic E-state index is -0.704. The number of aliphatic imine (C=N–C) groups is 1. The first-order chi connectivity index (χ1) is 23.6. The Morgan fingerprint density at radius 1 is 0.980 bits per heavy atom. The Kier molecular flexibility index (Phi) is 11.6. The second kappa shape index (κ2) is 16.0. The summed E-state index contributed by atoms with van der Waals surface area (Å²) in [5, 5.41) is 4.22. The van der Waals surface area contributed by atoms with Gasteiger partial charge < -0.3 is 9.88 Å². The number of aryl methyl sites for hydroxylation is 1. The number of hydrogen-bond acceptors (Lipinski definition) is 4. The Morgan fingerprint density at radius 3 is 2.24 bits per heavy atom. The molecule has 0 fully saturated rings.